The first-order valence-corrected chi connectivity index (χ1v) is 6.95. The number of nitrogens with one attached hydrogen (secondary N) is 1. The Bertz CT molecular complexity index is 458. The van der Waals surface area contributed by atoms with Gasteiger partial charge in [-0.25, -0.2) is 0 Å². The molecule has 0 radical (unpaired) electrons. The molecule has 1 aliphatic carbocycles. The van der Waals surface area contributed by atoms with Crippen LogP contribution >= 0.6 is 34.8 Å². The normalized spacial score (nSPS) is 24.7. The van der Waals surface area contributed by atoms with Crippen molar-refractivity contribution in [2.45, 2.75) is 30.6 Å². The number of carbonyl (C=O) groups is 1. The molecule has 0 bridgehead atoms. The first-order chi connectivity index (χ1) is 8.41. The van der Waals surface area contributed by atoms with Crippen molar-refractivity contribution >= 4 is 40.7 Å². The second kappa shape index (κ2) is 4.92. The molecule has 1 atom stereocenters. The molecule has 1 fully saturated rings. The van der Waals surface area contributed by atoms with Crippen LogP contribution in [0.5, 0.6) is 0 Å². The van der Waals surface area contributed by atoms with Crippen LogP contribution in [0.15, 0.2) is 24.3 Å². The molecule has 0 unspecified atom stereocenters. The fourth-order valence-corrected chi connectivity index (χ4v) is 3.10. The second-order valence-corrected chi connectivity index (χ2v) is 6.55. The maximum atomic E-state index is 12.1. The Balaban J connectivity index is 1.95. The van der Waals surface area contributed by atoms with Gasteiger partial charge in [0.1, 0.15) is 4.33 Å². The van der Waals surface area contributed by atoms with Gasteiger partial charge in [-0.05, 0) is 30.5 Å². The average Bonchev–Trinajstić information content (AvgIpc) is 2.92. The summed E-state index contributed by atoms with van der Waals surface area (Å²) in [4.78, 5) is 12.1. The zero-order chi connectivity index (χ0) is 13.4. The van der Waals surface area contributed by atoms with Gasteiger partial charge in [-0.1, -0.05) is 30.7 Å². The van der Waals surface area contributed by atoms with Crippen molar-refractivity contribution in [1.29, 1.82) is 0 Å². The Morgan fingerprint density at radius 2 is 1.89 bits per heavy atom. The zero-order valence-electron chi connectivity index (χ0n) is 9.97. The number of benzene rings is 1. The van der Waals surface area contributed by atoms with E-state index < -0.39 is 9.75 Å². The fraction of sp³-hybridized carbons (Fsp3) is 0.462. The Kier molecular flexibility index (Phi) is 3.82. The van der Waals surface area contributed by atoms with E-state index in [0.29, 0.717) is 24.4 Å². The summed E-state index contributed by atoms with van der Waals surface area (Å²) >= 11 is 17.9. The lowest BCUT2D eigenvalue weighted by Crippen LogP contribution is -2.34. The number of alkyl halides is 2. The fourth-order valence-electron chi connectivity index (χ4n) is 2.08. The molecule has 1 aliphatic rings. The maximum Gasteiger partial charge on any atom is 0.229 e. The molecule has 0 heterocycles. The van der Waals surface area contributed by atoms with E-state index in [0.717, 1.165) is 5.56 Å². The van der Waals surface area contributed by atoms with Gasteiger partial charge in [0, 0.05) is 11.6 Å². The van der Waals surface area contributed by atoms with Gasteiger partial charge < -0.3 is 5.32 Å². The number of rotatable bonds is 4. The maximum absolute atomic E-state index is 12.1. The minimum Gasteiger partial charge on any atom is -0.351 e. The topological polar surface area (TPSA) is 29.1 Å². The standard InChI is InChI=1S/C13H14Cl3NO/c1-2-12(8-13(12,15)16)11(18)17-7-9-3-5-10(14)6-4-9/h3-6H,2,7-8H2,1H3,(H,17,18)/t12-/m0/s1. The molecule has 0 saturated heterocycles. The third kappa shape index (κ3) is 2.47. The molecule has 98 valence electrons. The smallest absolute Gasteiger partial charge is 0.229 e. The highest BCUT2D eigenvalue weighted by molar-refractivity contribution is 6.53. The van der Waals surface area contributed by atoms with Crippen LogP contribution in [0.4, 0.5) is 0 Å². The van der Waals surface area contributed by atoms with E-state index in [1.54, 1.807) is 12.1 Å². The van der Waals surface area contributed by atoms with Gasteiger partial charge in [-0.3, -0.25) is 4.79 Å². The predicted molar refractivity (Wildman–Crippen MR) is 75.1 cm³/mol. The van der Waals surface area contributed by atoms with Crippen LogP contribution in [0, 0.1) is 5.41 Å². The van der Waals surface area contributed by atoms with Crippen LogP contribution in [0.25, 0.3) is 0 Å². The Labute approximate surface area is 122 Å². The summed E-state index contributed by atoms with van der Waals surface area (Å²) < 4.78 is -0.911. The van der Waals surface area contributed by atoms with Gasteiger partial charge in [-0.15, -0.1) is 23.2 Å². The SMILES string of the molecule is CC[C@@]1(C(=O)NCc2ccc(Cl)cc2)CC1(Cl)Cl. The van der Waals surface area contributed by atoms with Gasteiger partial charge in [0.25, 0.3) is 0 Å². The number of halogens is 3. The van der Waals surface area contributed by atoms with E-state index in [1.807, 2.05) is 19.1 Å². The van der Waals surface area contributed by atoms with E-state index in [2.05, 4.69) is 5.32 Å². The van der Waals surface area contributed by atoms with E-state index in [9.17, 15) is 4.79 Å². The summed E-state index contributed by atoms with van der Waals surface area (Å²) in [5, 5.41) is 3.56. The Hall–Kier alpha value is -0.440. The molecule has 1 N–H and O–H groups in total. The average molecular weight is 307 g/mol. The van der Waals surface area contributed by atoms with Gasteiger partial charge in [0.2, 0.25) is 5.91 Å². The molecule has 0 spiro atoms. The van der Waals surface area contributed by atoms with Crippen LogP contribution in [0.1, 0.15) is 25.3 Å². The van der Waals surface area contributed by atoms with Crippen molar-refractivity contribution < 1.29 is 4.79 Å². The van der Waals surface area contributed by atoms with Crippen LogP contribution in [0.2, 0.25) is 5.02 Å². The summed E-state index contributed by atoms with van der Waals surface area (Å²) in [6, 6.07) is 7.35. The molecule has 2 rings (SSSR count). The minimum absolute atomic E-state index is 0.0787. The summed E-state index contributed by atoms with van der Waals surface area (Å²) in [6.45, 7) is 2.38. The van der Waals surface area contributed by atoms with Crippen molar-refractivity contribution in [3.05, 3.63) is 34.9 Å². The predicted octanol–water partition coefficient (Wildman–Crippen LogP) is 3.93. The number of hydrogen-bond acceptors (Lipinski definition) is 1. The number of amides is 1. The molecule has 18 heavy (non-hydrogen) atoms. The highest BCUT2D eigenvalue weighted by Gasteiger charge is 2.69. The lowest BCUT2D eigenvalue weighted by molar-refractivity contribution is -0.126. The van der Waals surface area contributed by atoms with Crippen LogP contribution in [0.3, 0.4) is 0 Å². The first kappa shape index (κ1) is 14.0. The largest absolute Gasteiger partial charge is 0.351 e. The highest BCUT2D eigenvalue weighted by atomic mass is 35.5. The molecule has 0 aromatic heterocycles. The number of carbonyl (C=O) groups excluding carboxylic acids is 1. The quantitative estimate of drug-likeness (QED) is 0.839. The van der Waals surface area contributed by atoms with Crippen molar-refractivity contribution in [2.24, 2.45) is 5.41 Å². The van der Waals surface area contributed by atoms with Crippen molar-refractivity contribution in [3.8, 4) is 0 Å². The van der Waals surface area contributed by atoms with Crippen LogP contribution < -0.4 is 5.32 Å². The van der Waals surface area contributed by atoms with Crippen LogP contribution in [-0.4, -0.2) is 10.2 Å². The highest BCUT2D eigenvalue weighted by Crippen LogP contribution is 2.66. The third-order valence-electron chi connectivity index (χ3n) is 3.50. The summed E-state index contributed by atoms with van der Waals surface area (Å²) in [6.07, 6.45) is 1.17. The van der Waals surface area contributed by atoms with E-state index in [4.69, 9.17) is 34.8 Å². The van der Waals surface area contributed by atoms with Gasteiger partial charge in [-0.2, -0.15) is 0 Å². The van der Waals surface area contributed by atoms with Crippen LogP contribution in [-0.2, 0) is 11.3 Å². The first-order valence-electron chi connectivity index (χ1n) is 5.82. The lowest BCUT2D eigenvalue weighted by Gasteiger charge is -2.15. The summed E-state index contributed by atoms with van der Waals surface area (Å²) in [7, 11) is 0. The van der Waals surface area contributed by atoms with Gasteiger partial charge in [0.15, 0.2) is 0 Å². The summed E-state index contributed by atoms with van der Waals surface area (Å²) in [5.74, 6) is -0.0787. The lowest BCUT2D eigenvalue weighted by atomic mass is 10.0. The monoisotopic (exact) mass is 305 g/mol. The minimum atomic E-state index is -0.911. The molecular formula is C13H14Cl3NO. The second-order valence-electron chi connectivity index (χ2n) is 4.63. The third-order valence-corrected chi connectivity index (χ3v) is 4.75. The van der Waals surface area contributed by atoms with Crippen molar-refractivity contribution in [1.82, 2.24) is 5.32 Å². The van der Waals surface area contributed by atoms with Crippen molar-refractivity contribution in [3.63, 3.8) is 0 Å². The summed E-state index contributed by atoms with van der Waals surface area (Å²) in [5.41, 5.74) is 0.372. The molecule has 1 amide bonds. The Morgan fingerprint density at radius 1 is 1.33 bits per heavy atom. The molecule has 1 saturated carbocycles. The van der Waals surface area contributed by atoms with E-state index in [1.165, 1.54) is 0 Å². The van der Waals surface area contributed by atoms with E-state index in [-0.39, 0.29) is 5.91 Å². The number of hydrogen-bond donors (Lipinski definition) is 1. The van der Waals surface area contributed by atoms with E-state index >= 15 is 0 Å². The van der Waals surface area contributed by atoms with Gasteiger partial charge >= 0.3 is 0 Å². The molecule has 2 nitrogen and oxygen atoms in total. The van der Waals surface area contributed by atoms with Crippen molar-refractivity contribution in [2.75, 3.05) is 0 Å². The molecule has 1 aromatic carbocycles. The molecule has 0 aliphatic heterocycles. The zero-order valence-corrected chi connectivity index (χ0v) is 12.2. The molecular weight excluding hydrogens is 293 g/mol. The molecule has 1 aromatic rings. The van der Waals surface area contributed by atoms with Gasteiger partial charge in [0.05, 0.1) is 5.41 Å². The molecule has 5 heteroatoms. The Morgan fingerprint density at radius 3 is 2.33 bits per heavy atom.